The number of ether oxygens (including phenoxy) is 2. The van der Waals surface area contributed by atoms with Gasteiger partial charge in [-0.05, 0) is 35.4 Å². The number of carbonyl (C=O) groups is 2. The summed E-state index contributed by atoms with van der Waals surface area (Å²) < 4.78 is 10.7. The molecule has 0 bridgehead atoms. The van der Waals surface area contributed by atoms with Crippen LogP contribution in [0.5, 0.6) is 5.75 Å². The summed E-state index contributed by atoms with van der Waals surface area (Å²) in [5.41, 5.74) is 2.46. The highest BCUT2D eigenvalue weighted by Crippen LogP contribution is 2.32. The molecule has 1 N–H and O–H groups in total. The van der Waals surface area contributed by atoms with Crippen molar-refractivity contribution in [1.29, 1.82) is 0 Å². The van der Waals surface area contributed by atoms with Crippen LogP contribution in [0.3, 0.4) is 0 Å². The normalized spacial score (nSPS) is 10.3. The van der Waals surface area contributed by atoms with Gasteiger partial charge in [-0.3, -0.25) is 0 Å². The van der Waals surface area contributed by atoms with Gasteiger partial charge in [-0.1, -0.05) is 48.5 Å². The summed E-state index contributed by atoms with van der Waals surface area (Å²) in [6, 6.07) is 21.4. The van der Waals surface area contributed by atoms with E-state index in [1.165, 1.54) is 19.2 Å². The van der Waals surface area contributed by atoms with Crippen LogP contribution in [0.4, 0.5) is 0 Å². The molecule has 3 rings (SSSR count). The van der Waals surface area contributed by atoms with Crippen molar-refractivity contribution in [2.75, 3.05) is 7.11 Å². The topological polar surface area (TPSA) is 72.8 Å². The summed E-state index contributed by atoms with van der Waals surface area (Å²) in [7, 11) is 1.26. The third-order valence-electron chi connectivity index (χ3n) is 4.04. The highest BCUT2D eigenvalue weighted by atomic mass is 16.5. The fourth-order valence-corrected chi connectivity index (χ4v) is 2.71. The van der Waals surface area contributed by atoms with E-state index in [-0.39, 0.29) is 11.1 Å². The fourth-order valence-electron chi connectivity index (χ4n) is 2.71. The lowest BCUT2D eigenvalue weighted by atomic mass is 9.99. The van der Waals surface area contributed by atoms with Crippen LogP contribution in [0.25, 0.3) is 11.1 Å². The van der Waals surface area contributed by atoms with Gasteiger partial charge in [0, 0.05) is 5.56 Å². The predicted molar refractivity (Wildman–Crippen MR) is 101 cm³/mol. The standard InChI is InChI=1S/C22H18O5/c1-26-22(25)18-12-16(11-17(13-18)21(23)24)19-9-5-6-10-20(19)27-14-15-7-3-2-4-8-15/h2-13H,14H2,1H3,(H,23,24). The lowest BCUT2D eigenvalue weighted by Crippen LogP contribution is -2.05. The molecule has 0 radical (unpaired) electrons. The second kappa shape index (κ2) is 8.19. The Kier molecular flexibility index (Phi) is 5.52. The molecule has 5 nitrogen and oxygen atoms in total. The minimum atomic E-state index is -1.12. The Bertz CT molecular complexity index is 963. The Labute approximate surface area is 156 Å². The first-order chi connectivity index (χ1) is 13.1. The molecular formula is C22H18O5. The summed E-state index contributed by atoms with van der Waals surface area (Å²) in [5.74, 6) is -1.12. The third-order valence-corrected chi connectivity index (χ3v) is 4.04. The molecule has 27 heavy (non-hydrogen) atoms. The number of esters is 1. The van der Waals surface area contributed by atoms with Crippen LogP contribution in [0.2, 0.25) is 0 Å². The molecule has 0 aliphatic carbocycles. The zero-order valence-corrected chi connectivity index (χ0v) is 14.7. The van der Waals surface area contributed by atoms with Gasteiger partial charge < -0.3 is 14.6 Å². The van der Waals surface area contributed by atoms with Gasteiger partial charge in [-0.15, -0.1) is 0 Å². The Hall–Kier alpha value is -3.60. The van der Waals surface area contributed by atoms with Crippen molar-refractivity contribution in [3.05, 3.63) is 89.5 Å². The molecular weight excluding hydrogens is 344 g/mol. The van der Waals surface area contributed by atoms with Crippen LogP contribution in [0.1, 0.15) is 26.3 Å². The molecule has 0 saturated heterocycles. The number of carboxylic acids is 1. The highest BCUT2D eigenvalue weighted by molar-refractivity contribution is 5.97. The Morgan fingerprint density at radius 3 is 2.26 bits per heavy atom. The maximum absolute atomic E-state index is 11.9. The van der Waals surface area contributed by atoms with Crippen molar-refractivity contribution in [3.8, 4) is 16.9 Å². The van der Waals surface area contributed by atoms with Gasteiger partial charge in [0.25, 0.3) is 0 Å². The van der Waals surface area contributed by atoms with Gasteiger partial charge >= 0.3 is 11.9 Å². The number of hydrogen-bond acceptors (Lipinski definition) is 4. The zero-order chi connectivity index (χ0) is 19.2. The van der Waals surface area contributed by atoms with E-state index in [4.69, 9.17) is 9.47 Å². The lowest BCUT2D eigenvalue weighted by molar-refractivity contribution is 0.0600. The summed E-state index contributed by atoms with van der Waals surface area (Å²) in [5, 5.41) is 9.37. The highest BCUT2D eigenvalue weighted by Gasteiger charge is 2.15. The summed E-state index contributed by atoms with van der Waals surface area (Å²) in [4.78, 5) is 23.4. The first-order valence-corrected chi connectivity index (χ1v) is 8.31. The molecule has 0 spiro atoms. The molecule has 136 valence electrons. The average Bonchev–Trinajstić information content (AvgIpc) is 2.72. The van der Waals surface area contributed by atoms with E-state index in [0.29, 0.717) is 23.5 Å². The number of rotatable bonds is 6. The van der Waals surface area contributed by atoms with E-state index in [1.54, 1.807) is 6.07 Å². The molecule has 0 aliphatic heterocycles. The van der Waals surface area contributed by atoms with Crippen molar-refractivity contribution in [2.45, 2.75) is 6.61 Å². The van der Waals surface area contributed by atoms with Crippen molar-refractivity contribution >= 4 is 11.9 Å². The lowest BCUT2D eigenvalue weighted by Gasteiger charge is -2.13. The monoisotopic (exact) mass is 362 g/mol. The SMILES string of the molecule is COC(=O)c1cc(C(=O)O)cc(-c2ccccc2OCc2ccccc2)c1. The maximum Gasteiger partial charge on any atom is 0.337 e. The first-order valence-electron chi connectivity index (χ1n) is 8.31. The van der Waals surface area contributed by atoms with Crippen molar-refractivity contribution in [2.24, 2.45) is 0 Å². The van der Waals surface area contributed by atoms with E-state index in [9.17, 15) is 14.7 Å². The van der Waals surface area contributed by atoms with E-state index in [2.05, 4.69) is 0 Å². The molecule has 0 fully saturated rings. The predicted octanol–water partition coefficient (Wildman–Crippen LogP) is 4.42. The Balaban J connectivity index is 1.99. The summed E-state index contributed by atoms with van der Waals surface area (Å²) in [6.07, 6.45) is 0. The number of aromatic carboxylic acids is 1. The number of para-hydroxylation sites is 1. The molecule has 5 heteroatoms. The fraction of sp³-hybridized carbons (Fsp3) is 0.0909. The van der Waals surface area contributed by atoms with Crippen LogP contribution in [-0.4, -0.2) is 24.2 Å². The van der Waals surface area contributed by atoms with Gasteiger partial charge in [-0.25, -0.2) is 9.59 Å². The van der Waals surface area contributed by atoms with Crippen LogP contribution < -0.4 is 4.74 Å². The van der Waals surface area contributed by atoms with Gasteiger partial charge in [0.15, 0.2) is 0 Å². The quantitative estimate of drug-likeness (QED) is 0.657. The van der Waals surface area contributed by atoms with Crippen LogP contribution in [0.15, 0.2) is 72.8 Å². The van der Waals surface area contributed by atoms with E-state index >= 15 is 0 Å². The molecule has 0 aliphatic rings. The van der Waals surface area contributed by atoms with Gasteiger partial charge in [0.2, 0.25) is 0 Å². The number of carbonyl (C=O) groups excluding carboxylic acids is 1. The minimum absolute atomic E-state index is 0.00534. The molecule has 0 atom stereocenters. The molecule has 0 saturated carbocycles. The van der Waals surface area contributed by atoms with Crippen molar-refractivity contribution < 1.29 is 24.2 Å². The van der Waals surface area contributed by atoms with Gasteiger partial charge in [-0.2, -0.15) is 0 Å². The Morgan fingerprint density at radius 1 is 0.889 bits per heavy atom. The molecule has 0 amide bonds. The second-order valence-corrected chi connectivity index (χ2v) is 5.87. The second-order valence-electron chi connectivity index (χ2n) is 5.87. The zero-order valence-electron chi connectivity index (χ0n) is 14.7. The largest absolute Gasteiger partial charge is 0.488 e. The van der Waals surface area contributed by atoms with E-state index in [1.807, 2.05) is 54.6 Å². The molecule has 0 heterocycles. The summed E-state index contributed by atoms with van der Waals surface area (Å²) in [6.45, 7) is 0.375. The van der Waals surface area contributed by atoms with Gasteiger partial charge in [0.05, 0.1) is 18.2 Å². The number of methoxy groups -OCH3 is 1. The average molecular weight is 362 g/mol. The number of carboxylic acid groups (broad SMARTS) is 1. The number of hydrogen-bond donors (Lipinski definition) is 1. The van der Waals surface area contributed by atoms with Crippen LogP contribution in [-0.2, 0) is 11.3 Å². The molecule has 3 aromatic rings. The van der Waals surface area contributed by atoms with Gasteiger partial charge in [0.1, 0.15) is 12.4 Å². The first kappa shape index (κ1) is 18.2. The molecule has 0 unspecified atom stereocenters. The maximum atomic E-state index is 11.9. The molecule has 0 aromatic heterocycles. The van der Waals surface area contributed by atoms with Crippen LogP contribution >= 0.6 is 0 Å². The number of benzene rings is 3. The van der Waals surface area contributed by atoms with Crippen LogP contribution in [0, 0.1) is 0 Å². The smallest absolute Gasteiger partial charge is 0.337 e. The third kappa shape index (κ3) is 4.33. The Morgan fingerprint density at radius 2 is 1.56 bits per heavy atom. The van der Waals surface area contributed by atoms with E-state index in [0.717, 1.165) is 5.56 Å². The van der Waals surface area contributed by atoms with Crippen molar-refractivity contribution in [1.82, 2.24) is 0 Å². The van der Waals surface area contributed by atoms with E-state index < -0.39 is 11.9 Å². The minimum Gasteiger partial charge on any atom is -0.488 e. The summed E-state index contributed by atoms with van der Waals surface area (Å²) >= 11 is 0. The molecule has 3 aromatic carbocycles. The van der Waals surface area contributed by atoms with Crippen molar-refractivity contribution in [3.63, 3.8) is 0 Å².